The van der Waals surface area contributed by atoms with E-state index in [4.69, 9.17) is 4.42 Å². The number of nitrogens with zero attached hydrogens (tertiary/aromatic N) is 2. The zero-order valence-corrected chi connectivity index (χ0v) is 12.4. The molecule has 0 fully saturated rings. The maximum absolute atomic E-state index is 11.6. The van der Waals surface area contributed by atoms with Crippen molar-refractivity contribution in [3.63, 3.8) is 0 Å². The number of aromatic nitrogens is 1. The number of aryl methyl sites for hydroxylation is 1. The largest absolute Gasteiger partial charge is 0.469 e. The molecule has 2 rings (SSSR count). The van der Waals surface area contributed by atoms with E-state index in [1.807, 2.05) is 24.9 Å². The monoisotopic (exact) mass is 295 g/mol. The van der Waals surface area contributed by atoms with E-state index in [2.05, 4.69) is 9.71 Å². The maximum atomic E-state index is 11.6. The molecule has 0 amide bonds. The van der Waals surface area contributed by atoms with Gasteiger partial charge in [0.05, 0.1) is 6.26 Å². The number of sulfonamides is 1. The van der Waals surface area contributed by atoms with Gasteiger partial charge in [-0.3, -0.25) is 0 Å². The van der Waals surface area contributed by atoms with E-state index in [9.17, 15) is 8.42 Å². The first-order chi connectivity index (χ1) is 9.44. The zero-order valence-electron chi connectivity index (χ0n) is 11.6. The highest BCUT2D eigenvalue weighted by molar-refractivity contribution is 7.89. The van der Waals surface area contributed by atoms with Crippen molar-refractivity contribution >= 4 is 15.8 Å². The molecule has 1 N–H and O–H groups in total. The molecule has 108 valence electrons. The standard InChI is InChI=1S/C13H17N3O3S/c1-10-11(6-7-19-10)9-16(3)13-5-4-12(8-15-13)20(17,18)14-2/h4-8,14H,9H2,1-3H3. The third-order valence-electron chi connectivity index (χ3n) is 3.06. The number of rotatable bonds is 5. The Bertz CT molecular complexity index is 677. The van der Waals surface area contributed by atoms with Crippen LogP contribution >= 0.6 is 0 Å². The average Bonchev–Trinajstić information content (AvgIpc) is 2.84. The molecule has 2 aromatic rings. The molecular weight excluding hydrogens is 278 g/mol. The summed E-state index contributed by atoms with van der Waals surface area (Å²) in [5.41, 5.74) is 1.07. The first kappa shape index (κ1) is 14.5. The normalized spacial score (nSPS) is 11.6. The molecule has 0 aromatic carbocycles. The molecule has 0 unspecified atom stereocenters. The maximum Gasteiger partial charge on any atom is 0.241 e. The molecular formula is C13H17N3O3S. The van der Waals surface area contributed by atoms with E-state index in [-0.39, 0.29) is 4.90 Å². The second-order valence-electron chi connectivity index (χ2n) is 4.42. The minimum Gasteiger partial charge on any atom is -0.469 e. The summed E-state index contributed by atoms with van der Waals surface area (Å²) in [4.78, 5) is 6.25. The van der Waals surface area contributed by atoms with Gasteiger partial charge < -0.3 is 9.32 Å². The first-order valence-corrected chi connectivity index (χ1v) is 7.56. The SMILES string of the molecule is CNS(=O)(=O)c1ccc(N(C)Cc2ccoc2C)nc1. The van der Waals surface area contributed by atoms with Crippen LogP contribution in [0.15, 0.2) is 40.0 Å². The Kier molecular flexibility index (Phi) is 4.10. The van der Waals surface area contributed by atoms with Crippen molar-refractivity contribution in [3.8, 4) is 0 Å². The summed E-state index contributed by atoms with van der Waals surface area (Å²) in [5, 5.41) is 0. The lowest BCUT2D eigenvalue weighted by molar-refractivity contribution is 0.529. The second-order valence-corrected chi connectivity index (χ2v) is 6.30. The van der Waals surface area contributed by atoms with E-state index in [0.29, 0.717) is 12.4 Å². The van der Waals surface area contributed by atoms with Crippen LogP contribution in [0.3, 0.4) is 0 Å². The van der Waals surface area contributed by atoms with Gasteiger partial charge in [-0.15, -0.1) is 0 Å². The predicted octanol–water partition coefficient (Wildman–Crippen LogP) is 1.53. The molecule has 0 saturated carbocycles. The molecule has 6 nitrogen and oxygen atoms in total. The van der Waals surface area contributed by atoms with E-state index >= 15 is 0 Å². The lowest BCUT2D eigenvalue weighted by atomic mass is 10.2. The summed E-state index contributed by atoms with van der Waals surface area (Å²) in [7, 11) is -0.181. The quantitative estimate of drug-likeness (QED) is 0.905. The molecule has 7 heteroatoms. The Hall–Kier alpha value is -1.86. The topological polar surface area (TPSA) is 75.4 Å². The number of furan rings is 1. The third-order valence-corrected chi connectivity index (χ3v) is 4.46. The Labute approximate surface area is 118 Å². The molecule has 2 aromatic heterocycles. The highest BCUT2D eigenvalue weighted by Gasteiger charge is 2.13. The summed E-state index contributed by atoms with van der Waals surface area (Å²) in [6.07, 6.45) is 2.99. The Morgan fingerprint density at radius 2 is 2.10 bits per heavy atom. The number of pyridine rings is 1. The van der Waals surface area contributed by atoms with Gasteiger partial charge in [0.15, 0.2) is 0 Å². The van der Waals surface area contributed by atoms with E-state index in [1.54, 1.807) is 12.3 Å². The smallest absolute Gasteiger partial charge is 0.241 e. The summed E-state index contributed by atoms with van der Waals surface area (Å²) in [5.74, 6) is 1.56. The molecule has 0 atom stereocenters. The van der Waals surface area contributed by atoms with Crippen LogP contribution in [-0.2, 0) is 16.6 Å². The summed E-state index contributed by atoms with van der Waals surface area (Å²) >= 11 is 0. The number of nitrogens with one attached hydrogen (secondary N) is 1. The summed E-state index contributed by atoms with van der Waals surface area (Å²) < 4.78 is 30.7. The van der Waals surface area contributed by atoms with Crippen molar-refractivity contribution in [3.05, 3.63) is 42.0 Å². The molecule has 0 aliphatic rings. The van der Waals surface area contributed by atoms with Crippen LogP contribution in [0.5, 0.6) is 0 Å². The van der Waals surface area contributed by atoms with Gasteiger partial charge in [0.2, 0.25) is 10.0 Å². The number of hydrogen-bond donors (Lipinski definition) is 1. The van der Waals surface area contributed by atoms with Crippen molar-refractivity contribution in [2.45, 2.75) is 18.4 Å². The lowest BCUT2D eigenvalue weighted by Crippen LogP contribution is -2.20. The first-order valence-electron chi connectivity index (χ1n) is 6.08. The van der Waals surface area contributed by atoms with Gasteiger partial charge >= 0.3 is 0 Å². The van der Waals surface area contributed by atoms with Gasteiger partial charge in [-0.1, -0.05) is 0 Å². The van der Waals surface area contributed by atoms with Crippen LogP contribution in [0.25, 0.3) is 0 Å². The van der Waals surface area contributed by atoms with Crippen LogP contribution in [0, 0.1) is 6.92 Å². The fraction of sp³-hybridized carbons (Fsp3) is 0.308. The second kappa shape index (κ2) is 5.64. The molecule has 0 bridgehead atoms. The fourth-order valence-corrected chi connectivity index (χ4v) is 2.46. The van der Waals surface area contributed by atoms with Crippen LogP contribution in [0.4, 0.5) is 5.82 Å². The minimum atomic E-state index is -3.44. The van der Waals surface area contributed by atoms with Gasteiger partial charge in [-0.05, 0) is 32.2 Å². The van der Waals surface area contributed by atoms with Crippen molar-refractivity contribution < 1.29 is 12.8 Å². The van der Waals surface area contributed by atoms with Crippen LogP contribution in [0.2, 0.25) is 0 Å². The Morgan fingerprint density at radius 3 is 2.60 bits per heavy atom. The lowest BCUT2D eigenvalue weighted by Gasteiger charge is -2.17. The zero-order chi connectivity index (χ0) is 14.8. The average molecular weight is 295 g/mol. The van der Waals surface area contributed by atoms with Crippen molar-refractivity contribution in [1.82, 2.24) is 9.71 Å². The van der Waals surface area contributed by atoms with Crippen molar-refractivity contribution in [2.75, 3.05) is 19.0 Å². The number of anilines is 1. The highest BCUT2D eigenvalue weighted by Crippen LogP contribution is 2.17. The molecule has 0 aliphatic carbocycles. The Morgan fingerprint density at radius 1 is 1.35 bits per heavy atom. The molecule has 20 heavy (non-hydrogen) atoms. The highest BCUT2D eigenvalue weighted by atomic mass is 32.2. The molecule has 0 spiro atoms. The fourth-order valence-electron chi connectivity index (χ4n) is 1.79. The van der Waals surface area contributed by atoms with Gasteiger partial charge in [-0.2, -0.15) is 0 Å². The molecule has 0 radical (unpaired) electrons. The number of hydrogen-bond acceptors (Lipinski definition) is 5. The van der Waals surface area contributed by atoms with Gasteiger partial charge in [0.1, 0.15) is 16.5 Å². The van der Waals surface area contributed by atoms with Gasteiger partial charge in [0, 0.05) is 25.4 Å². The molecule has 0 saturated heterocycles. The van der Waals surface area contributed by atoms with Gasteiger partial charge in [0.25, 0.3) is 0 Å². The summed E-state index contributed by atoms with van der Waals surface area (Å²) in [6.45, 7) is 2.55. The van der Waals surface area contributed by atoms with Crippen LogP contribution < -0.4 is 9.62 Å². The predicted molar refractivity (Wildman–Crippen MR) is 76.0 cm³/mol. The Balaban J connectivity index is 2.16. The van der Waals surface area contributed by atoms with Gasteiger partial charge in [-0.25, -0.2) is 18.1 Å². The van der Waals surface area contributed by atoms with E-state index in [0.717, 1.165) is 11.3 Å². The van der Waals surface area contributed by atoms with E-state index < -0.39 is 10.0 Å². The molecule has 2 heterocycles. The van der Waals surface area contributed by atoms with Crippen LogP contribution in [-0.4, -0.2) is 27.5 Å². The van der Waals surface area contributed by atoms with E-state index in [1.165, 1.54) is 19.3 Å². The van der Waals surface area contributed by atoms with Crippen molar-refractivity contribution in [2.24, 2.45) is 0 Å². The third kappa shape index (κ3) is 3.00. The van der Waals surface area contributed by atoms with Crippen molar-refractivity contribution in [1.29, 1.82) is 0 Å². The minimum absolute atomic E-state index is 0.150. The molecule has 0 aliphatic heterocycles. The van der Waals surface area contributed by atoms with Crippen LogP contribution in [0.1, 0.15) is 11.3 Å². The summed E-state index contributed by atoms with van der Waals surface area (Å²) in [6, 6.07) is 5.12.